The van der Waals surface area contributed by atoms with Crippen LogP contribution in [-0.4, -0.2) is 60.3 Å². The smallest absolute Gasteiger partial charge is 0.392 e. The lowest BCUT2D eigenvalue weighted by Crippen LogP contribution is -2.24. The molecule has 2 aromatic rings. The fourth-order valence-electron chi connectivity index (χ4n) is 2.50. The van der Waals surface area contributed by atoms with Gasteiger partial charge in [0.15, 0.2) is 6.61 Å². The number of nitriles is 1. The monoisotopic (exact) mass is 522 g/mol. The number of esters is 2. The van der Waals surface area contributed by atoms with Gasteiger partial charge in [0.2, 0.25) is 9.84 Å². The number of rotatable bonds is 9. The molecule has 1 aromatic carbocycles. The van der Waals surface area contributed by atoms with Crippen LogP contribution in [0.3, 0.4) is 0 Å². The summed E-state index contributed by atoms with van der Waals surface area (Å²) >= 11 is 0. The number of hydrogen-bond acceptors (Lipinski definition) is 13. The molecule has 0 fully saturated rings. The molecule has 0 spiro atoms. The first-order valence-corrected chi connectivity index (χ1v) is 12.1. The minimum absolute atomic E-state index is 0.000311. The summed E-state index contributed by atoms with van der Waals surface area (Å²) in [5.41, 5.74) is -2.17. The first-order valence-electron chi connectivity index (χ1n) is 10.2. The van der Waals surface area contributed by atoms with Crippen LogP contribution in [0, 0.1) is 21.4 Å². The van der Waals surface area contributed by atoms with Gasteiger partial charge in [-0.2, -0.15) is 15.2 Å². The van der Waals surface area contributed by atoms with E-state index in [-0.39, 0.29) is 23.5 Å². The van der Waals surface area contributed by atoms with E-state index in [2.05, 4.69) is 14.7 Å². The number of ether oxygens (including phenoxy) is 4. The number of hydrogen-bond donors (Lipinski definition) is 0. The summed E-state index contributed by atoms with van der Waals surface area (Å²) in [6, 6.07) is 5.40. The molecule has 0 bridgehead atoms. The van der Waals surface area contributed by atoms with Gasteiger partial charge >= 0.3 is 29.4 Å². The van der Waals surface area contributed by atoms with E-state index >= 15 is 0 Å². The Morgan fingerprint density at radius 1 is 1.19 bits per heavy atom. The SMILES string of the molecule is CCOC(=O)COc1nc(S(C)(=O)=O)nc(Oc2cc(C#N)ccc2C(=O)OC(C)(C)C)c1[N+](=O)[O-]. The Bertz CT molecular complexity index is 1340. The molecule has 0 N–H and O–H groups in total. The Balaban J connectivity index is 2.71. The Morgan fingerprint density at radius 3 is 2.36 bits per heavy atom. The lowest BCUT2D eigenvalue weighted by molar-refractivity contribution is -0.387. The highest BCUT2D eigenvalue weighted by Crippen LogP contribution is 2.38. The van der Waals surface area contributed by atoms with Crippen LogP contribution in [0.1, 0.15) is 43.6 Å². The second kappa shape index (κ2) is 11.0. The third-order valence-corrected chi connectivity index (χ3v) is 4.73. The number of benzene rings is 1. The highest BCUT2D eigenvalue weighted by molar-refractivity contribution is 7.90. The highest BCUT2D eigenvalue weighted by atomic mass is 32.2. The first-order chi connectivity index (χ1) is 16.7. The highest BCUT2D eigenvalue weighted by Gasteiger charge is 2.33. The lowest BCUT2D eigenvalue weighted by Gasteiger charge is -2.20. The van der Waals surface area contributed by atoms with E-state index < -0.39 is 61.5 Å². The zero-order chi connectivity index (χ0) is 27.3. The number of aromatic nitrogens is 2. The van der Waals surface area contributed by atoms with Crippen molar-refractivity contribution in [2.75, 3.05) is 19.5 Å². The van der Waals surface area contributed by atoms with Gasteiger partial charge in [-0.05, 0) is 45.9 Å². The third-order valence-electron chi connectivity index (χ3n) is 3.88. The molecular formula is C21H22N4O10S. The standard InChI is InChI=1S/C21H22N4O10S/c1-6-32-15(26)11-33-17-16(25(28)29)18(24-20(23-17)36(5,30)31)34-14-9-12(10-22)7-8-13(14)19(27)35-21(2,3)4/h7-9H,6,11H2,1-5H3. The molecule has 0 amide bonds. The van der Waals surface area contributed by atoms with Gasteiger partial charge in [-0.15, -0.1) is 0 Å². The normalized spacial score (nSPS) is 11.2. The molecule has 192 valence electrons. The van der Waals surface area contributed by atoms with Gasteiger partial charge in [0, 0.05) is 6.26 Å². The summed E-state index contributed by atoms with van der Waals surface area (Å²) < 4.78 is 44.8. The molecular weight excluding hydrogens is 500 g/mol. The van der Waals surface area contributed by atoms with Crippen molar-refractivity contribution < 1.29 is 41.9 Å². The average Bonchev–Trinajstić information content (AvgIpc) is 2.75. The maximum absolute atomic E-state index is 12.7. The van der Waals surface area contributed by atoms with Crippen LogP contribution < -0.4 is 9.47 Å². The second-order valence-corrected chi connectivity index (χ2v) is 9.92. The quantitative estimate of drug-likeness (QED) is 0.201. The summed E-state index contributed by atoms with van der Waals surface area (Å²) in [5.74, 6) is -3.99. The molecule has 2 rings (SSSR count). The summed E-state index contributed by atoms with van der Waals surface area (Å²) in [4.78, 5) is 42.4. The molecule has 15 heteroatoms. The van der Waals surface area contributed by atoms with Crippen molar-refractivity contribution >= 4 is 27.5 Å². The Kier molecular flexibility index (Phi) is 8.49. The van der Waals surface area contributed by atoms with Crippen LogP contribution in [0.2, 0.25) is 0 Å². The maximum atomic E-state index is 12.7. The molecule has 36 heavy (non-hydrogen) atoms. The minimum Gasteiger partial charge on any atom is -0.463 e. The van der Waals surface area contributed by atoms with Gasteiger partial charge in [-0.25, -0.2) is 18.0 Å². The Hall–Kier alpha value is -4.32. The van der Waals surface area contributed by atoms with E-state index in [4.69, 9.17) is 14.2 Å². The molecule has 0 aliphatic heterocycles. The molecule has 0 atom stereocenters. The van der Waals surface area contributed by atoms with Gasteiger partial charge < -0.3 is 18.9 Å². The van der Waals surface area contributed by atoms with Crippen LogP contribution in [0.5, 0.6) is 17.5 Å². The van der Waals surface area contributed by atoms with E-state index in [1.807, 2.05) is 6.07 Å². The molecule has 0 unspecified atom stereocenters. The van der Waals surface area contributed by atoms with E-state index in [0.29, 0.717) is 0 Å². The van der Waals surface area contributed by atoms with Crippen molar-refractivity contribution in [2.24, 2.45) is 0 Å². The summed E-state index contributed by atoms with van der Waals surface area (Å²) in [6.07, 6.45) is 0.732. The summed E-state index contributed by atoms with van der Waals surface area (Å²) in [5, 5.41) is 20.2. The number of carbonyl (C=O) groups excluding carboxylic acids is 2. The van der Waals surface area contributed by atoms with E-state index in [9.17, 15) is 33.4 Å². The van der Waals surface area contributed by atoms with Crippen LogP contribution in [0.15, 0.2) is 23.4 Å². The molecule has 14 nitrogen and oxygen atoms in total. The largest absolute Gasteiger partial charge is 0.463 e. The molecule has 0 radical (unpaired) electrons. The van der Waals surface area contributed by atoms with E-state index in [1.165, 1.54) is 19.1 Å². The lowest BCUT2D eigenvalue weighted by atomic mass is 10.1. The van der Waals surface area contributed by atoms with Crippen molar-refractivity contribution in [2.45, 2.75) is 38.5 Å². The third kappa shape index (κ3) is 7.34. The number of sulfone groups is 1. The molecule has 0 aliphatic carbocycles. The number of nitro groups is 1. The predicted octanol–water partition coefficient (Wildman–Crippen LogP) is 2.35. The van der Waals surface area contributed by atoms with Gasteiger partial charge in [-0.1, -0.05) is 0 Å². The van der Waals surface area contributed by atoms with Crippen LogP contribution in [0.25, 0.3) is 0 Å². The fraction of sp³-hybridized carbons (Fsp3) is 0.381. The topological polar surface area (TPSA) is 198 Å². The molecule has 0 saturated carbocycles. The number of nitrogens with zero attached hydrogens (tertiary/aromatic N) is 4. The zero-order valence-electron chi connectivity index (χ0n) is 19.9. The van der Waals surface area contributed by atoms with Crippen LogP contribution >= 0.6 is 0 Å². The van der Waals surface area contributed by atoms with Gasteiger partial charge in [0.05, 0.1) is 23.2 Å². The van der Waals surface area contributed by atoms with Gasteiger partial charge in [0.1, 0.15) is 16.9 Å². The summed E-state index contributed by atoms with van der Waals surface area (Å²) in [7, 11) is -4.16. The van der Waals surface area contributed by atoms with Crippen molar-refractivity contribution in [3.63, 3.8) is 0 Å². The molecule has 1 heterocycles. The van der Waals surface area contributed by atoms with Gasteiger partial charge in [0.25, 0.3) is 5.16 Å². The van der Waals surface area contributed by atoms with Crippen molar-refractivity contribution in [3.8, 4) is 23.6 Å². The molecule has 1 aromatic heterocycles. The Morgan fingerprint density at radius 2 is 1.83 bits per heavy atom. The minimum atomic E-state index is -4.16. The van der Waals surface area contributed by atoms with Crippen LogP contribution in [0.4, 0.5) is 5.69 Å². The molecule has 0 saturated heterocycles. The van der Waals surface area contributed by atoms with E-state index in [0.717, 1.165) is 12.3 Å². The van der Waals surface area contributed by atoms with Crippen molar-refractivity contribution in [3.05, 3.63) is 39.4 Å². The van der Waals surface area contributed by atoms with Crippen LogP contribution in [-0.2, 0) is 24.1 Å². The number of carbonyl (C=O) groups is 2. The van der Waals surface area contributed by atoms with Gasteiger partial charge in [-0.3, -0.25) is 10.1 Å². The summed E-state index contributed by atoms with van der Waals surface area (Å²) in [6.45, 7) is 5.51. The van der Waals surface area contributed by atoms with Crippen molar-refractivity contribution in [1.29, 1.82) is 5.26 Å². The first kappa shape index (κ1) is 27.9. The second-order valence-electron chi connectivity index (χ2n) is 8.01. The van der Waals surface area contributed by atoms with E-state index in [1.54, 1.807) is 20.8 Å². The average molecular weight is 522 g/mol. The Labute approximate surface area is 205 Å². The fourth-order valence-corrected chi connectivity index (χ4v) is 3.00. The maximum Gasteiger partial charge on any atom is 0.392 e. The zero-order valence-corrected chi connectivity index (χ0v) is 20.7. The molecule has 0 aliphatic rings. The van der Waals surface area contributed by atoms with Crippen molar-refractivity contribution in [1.82, 2.24) is 9.97 Å². The predicted molar refractivity (Wildman–Crippen MR) is 120 cm³/mol.